The predicted octanol–water partition coefficient (Wildman–Crippen LogP) is 9.63. The Kier molecular flexibility index (Phi) is 22.8. The lowest BCUT2D eigenvalue weighted by atomic mass is 9.84. The fourth-order valence-corrected chi connectivity index (χ4v) is 11.8. The van der Waals surface area contributed by atoms with E-state index in [0.29, 0.717) is 94.5 Å². The molecular formula is C70H83ClN12O6. The van der Waals surface area contributed by atoms with Gasteiger partial charge in [0.15, 0.2) is 34.0 Å². The number of ketones is 3. The third-order valence-corrected chi connectivity index (χ3v) is 17.2. The summed E-state index contributed by atoms with van der Waals surface area (Å²) in [6.45, 7) is 1.15. The minimum absolute atomic E-state index is 0. The van der Waals surface area contributed by atoms with E-state index < -0.39 is 40.3 Å². The van der Waals surface area contributed by atoms with Gasteiger partial charge in [-0.3, -0.25) is 28.8 Å². The molecule has 0 unspecified atom stereocenters. The summed E-state index contributed by atoms with van der Waals surface area (Å²) in [5.41, 5.74) is 42.0. The van der Waals surface area contributed by atoms with Crippen LogP contribution in [0.15, 0.2) is 164 Å². The Balaban J connectivity index is 0.0000102. The van der Waals surface area contributed by atoms with Gasteiger partial charge in [0.25, 0.3) is 17.7 Å². The number of para-hydroxylation sites is 3. The minimum atomic E-state index is -1.82. The average molecular weight is 1220 g/mol. The summed E-state index contributed by atoms with van der Waals surface area (Å²) < 4.78 is 0. The van der Waals surface area contributed by atoms with Gasteiger partial charge < -0.3 is 65.3 Å². The molecule has 0 aliphatic carbocycles. The largest absolute Gasteiger partial charge is 0.361 e. The summed E-state index contributed by atoms with van der Waals surface area (Å²) in [7, 11) is 0. The number of aromatic amines is 3. The number of nitrogens with one attached hydrogen (secondary N) is 6. The maximum Gasteiger partial charge on any atom is 0.252 e. The Labute approximate surface area is 524 Å². The summed E-state index contributed by atoms with van der Waals surface area (Å²) in [5.74, 6) is -3.47. The molecule has 0 radical (unpaired) electrons. The van der Waals surface area contributed by atoms with Crippen LogP contribution in [0.4, 0.5) is 17.1 Å². The van der Waals surface area contributed by atoms with Crippen molar-refractivity contribution in [2.45, 2.75) is 119 Å². The molecular weight excluding hydrogens is 1140 g/mol. The second-order valence-electron chi connectivity index (χ2n) is 23.2. The van der Waals surface area contributed by atoms with Gasteiger partial charge in [-0.15, -0.1) is 12.4 Å². The molecule has 0 aliphatic rings. The quantitative estimate of drug-likeness (QED) is 0.0104. The highest BCUT2D eigenvalue weighted by atomic mass is 35.5. The number of benzene rings is 6. The van der Waals surface area contributed by atoms with Crippen molar-refractivity contribution in [3.05, 3.63) is 198 Å². The third kappa shape index (κ3) is 15.6. The molecule has 19 heteroatoms. The van der Waals surface area contributed by atoms with E-state index in [1.807, 2.05) is 128 Å². The van der Waals surface area contributed by atoms with E-state index in [4.69, 9.17) is 34.4 Å². The maximum atomic E-state index is 14.3. The molecule has 3 aromatic heterocycles. The van der Waals surface area contributed by atoms with Crippen molar-refractivity contribution in [2.75, 3.05) is 35.6 Å². The highest BCUT2D eigenvalue weighted by Gasteiger charge is 2.43. The summed E-state index contributed by atoms with van der Waals surface area (Å²) in [6, 6.07) is 45.2. The molecule has 3 atom stereocenters. The number of amides is 3. The van der Waals surface area contributed by atoms with Crippen LogP contribution in [0.5, 0.6) is 0 Å². The van der Waals surface area contributed by atoms with E-state index in [-0.39, 0.29) is 68.3 Å². The number of H-pyrrole nitrogens is 3. The van der Waals surface area contributed by atoms with E-state index in [9.17, 15) is 28.8 Å². The number of fused-ring (bicyclic) bond motifs is 3. The topological polar surface area (TPSA) is 342 Å². The van der Waals surface area contributed by atoms with Crippen LogP contribution in [0, 0.1) is 0 Å². The second kappa shape index (κ2) is 30.6. The van der Waals surface area contributed by atoms with Crippen molar-refractivity contribution in [3.8, 4) is 0 Å². The van der Waals surface area contributed by atoms with E-state index in [2.05, 4.69) is 30.9 Å². The predicted molar refractivity (Wildman–Crippen MR) is 358 cm³/mol. The van der Waals surface area contributed by atoms with Crippen LogP contribution in [-0.4, -0.2) is 86.3 Å². The first-order valence-corrected chi connectivity index (χ1v) is 30.5. The SMILES string of the molecule is Cl.NCCCC[C@@](N)(C(=O)CCc1c[nH]c2ccccc12)C(=O)Nc1ccc(C(c2ccc(NC(=O)[C@@](N)(CCCCN)C(=O)CCc3c[nH]c4ccccc34)cc2)c2ccc(NC(=O)[C@@](N)(CCCCN)C(=O)CCc3c[nH]c4ccccc34)cc2)cc1. The average Bonchev–Trinajstić information content (AvgIpc) is 3.29. The van der Waals surface area contributed by atoms with Gasteiger partial charge in [0.2, 0.25) is 0 Å². The molecule has 0 aliphatic heterocycles. The number of Topliss-reactive ketones (excluding diaryl/α,β-unsaturated/α-hetero) is 3. The lowest BCUT2D eigenvalue weighted by Crippen LogP contribution is -2.57. The van der Waals surface area contributed by atoms with Crippen LogP contribution < -0.4 is 50.4 Å². The maximum absolute atomic E-state index is 14.3. The Hall–Kier alpha value is -8.59. The standard InChI is InChI=1S/C70H82N12O6.ClH/c71-40-10-7-37-68(74,61(83)34-25-49-43-77-58-16-4-1-13-55(49)58)65(86)80-52-28-19-46(20-29-52)64(47-21-30-53(31-22-47)81-66(87)69(75,38-8-11-41-72)62(84)35-26-50-44-78-59-17-5-2-14-56(50)59)48-23-32-54(33-24-48)82-67(88)70(76,39-9-12-42-73)63(85)36-27-51-45-79-60-18-6-3-15-57(51)60;/h1-6,13-24,28-33,43-45,64,77-79H,7-12,25-27,34-42,71-76H2,(H,80,86)(H,81,87)(H,82,88);1H/t68-,69-,70-;/m1./s1. The van der Waals surface area contributed by atoms with Crippen LogP contribution in [0.2, 0.25) is 0 Å². The van der Waals surface area contributed by atoms with Gasteiger partial charge in [0.1, 0.15) is 0 Å². The van der Waals surface area contributed by atoms with Gasteiger partial charge >= 0.3 is 0 Å². The van der Waals surface area contributed by atoms with E-state index >= 15 is 0 Å². The van der Waals surface area contributed by atoms with E-state index in [1.54, 1.807) is 36.4 Å². The molecule has 0 fully saturated rings. The monoisotopic (exact) mass is 1220 g/mol. The zero-order chi connectivity index (χ0) is 62.3. The number of carbonyl (C=O) groups excluding carboxylic acids is 6. The zero-order valence-electron chi connectivity index (χ0n) is 50.2. The zero-order valence-corrected chi connectivity index (χ0v) is 51.0. The van der Waals surface area contributed by atoms with Crippen LogP contribution in [0.25, 0.3) is 32.7 Å². The van der Waals surface area contributed by atoms with Gasteiger partial charge in [-0.1, -0.05) is 91.0 Å². The first-order valence-electron chi connectivity index (χ1n) is 30.5. The molecule has 0 saturated carbocycles. The number of rotatable bonds is 33. The van der Waals surface area contributed by atoms with Crippen molar-refractivity contribution >= 4 is 97.2 Å². The molecule has 0 saturated heterocycles. The number of unbranched alkanes of at least 4 members (excludes halogenated alkanes) is 3. The number of carbonyl (C=O) groups is 6. The summed E-state index contributed by atoms with van der Waals surface area (Å²) in [4.78, 5) is 94.9. The molecule has 466 valence electrons. The fourth-order valence-electron chi connectivity index (χ4n) is 11.8. The number of hydrogen-bond acceptors (Lipinski definition) is 12. The van der Waals surface area contributed by atoms with Crippen LogP contribution in [0.1, 0.15) is 116 Å². The molecule has 9 rings (SSSR count). The number of anilines is 3. The molecule has 9 aromatic rings. The van der Waals surface area contributed by atoms with Crippen LogP contribution >= 0.6 is 12.4 Å². The van der Waals surface area contributed by atoms with Crippen LogP contribution in [0.3, 0.4) is 0 Å². The molecule has 89 heavy (non-hydrogen) atoms. The van der Waals surface area contributed by atoms with Gasteiger partial charge in [0, 0.05) is 93.5 Å². The minimum Gasteiger partial charge on any atom is -0.361 e. The van der Waals surface area contributed by atoms with Crippen molar-refractivity contribution < 1.29 is 28.8 Å². The lowest BCUT2D eigenvalue weighted by molar-refractivity contribution is -0.134. The molecule has 6 aromatic carbocycles. The van der Waals surface area contributed by atoms with Crippen LogP contribution in [-0.2, 0) is 48.0 Å². The number of aromatic nitrogens is 3. The molecule has 0 spiro atoms. The van der Waals surface area contributed by atoms with Crippen molar-refractivity contribution in [1.29, 1.82) is 0 Å². The van der Waals surface area contributed by atoms with Gasteiger partial charge in [-0.2, -0.15) is 0 Å². The first kappa shape index (κ1) is 66.4. The Morgan fingerprint density at radius 3 is 0.888 bits per heavy atom. The summed E-state index contributed by atoms with van der Waals surface area (Å²) in [6.07, 6.45) is 10.5. The lowest BCUT2D eigenvalue weighted by Gasteiger charge is -2.28. The van der Waals surface area contributed by atoms with Gasteiger partial charge in [-0.05, 0) is 185 Å². The Morgan fingerprint density at radius 1 is 0.371 bits per heavy atom. The molecule has 3 amide bonds. The fraction of sp³-hybridized carbons (Fsp3) is 0.314. The smallest absolute Gasteiger partial charge is 0.252 e. The number of hydrogen-bond donors (Lipinski definition) is 12. The molecule has 3 heterocycles. The van der Waals surface area contributed by atoms with Crippen molar-refractivity contribution in [2.24, 2.45) is 34.4 Å². The van der Waals surface area contributed by atoms with E-state index in [1.165, 1.54) is 0 Å². The van der Waals surface area contributed by atoms with Gasteiger partial charge in [0.05, 0.1) is 0 Å². The van der Waals surface area contributed by atoms with E-state index in [0.717, 1.165) is 66.1 Å². The molecule has 18 nitrogen and oxygen atoms in total. The van der Waals surface area contributed by atoms with Crippen molar-refractivity contribution in [1.82, 2.24) is 15.0 Å². The van der Waals surface area contributed by atoms with Gasteiger partial charge in [-0.25, -0.2) is 0 Å². The van der Waals surface area contributed by atoms with Crippen molar-refractivity contribution in [3.63, 3.8) is 0 Å². The number of aryl methyl sites for hydroxylation is 3. The summed E-state index contributed by atoms with van der Waals surface area (Å²) >= 11 is 0. The number of nitrogens with two attached hydrogens (primary N) is 6. The summed E-state index contributed by atoms with van der Waals surface area (Å²) in [5, 5.41) is 11.8. The Bertz CT molecular complexity index is 3480. The number of halogens is 1. The normalized spacial score (nSPS) is 13.5. The highest BCUT2D eigenvalue weighted by molar-refractivity contribution is 6.17. The first-order chi connectivity index (χ1) is 42.6. The third-order valence-electron chi connectivity index (χ3n) is 17.2. The molecule has 18 N–H and O–H groups in total. The second-order valence-corrected chi connectivity index (χ2v) is 23.2. The Morgan fingerprint density at radius 2 is 0.629 bits per heavy atom. The highest BCUT2D eigenvalue weighted by Crippen LogP contribution is 2.35. The molecule has 0 bridgehead atoms.